The number of thiophene rings is 1. The molecule has 11 nitrogen and oxygen atoms in total. The van der Waals surface area contributed by atoms with E-state index in [1.165, 1.54) is 30.5 Å². The topological polar surface area (TPSA) is 128 Å². The molecule has 3 aromatic heterocycles. The molecule has 1 aromatic carbocycles. The van der Waals surface area contributed by atoms with Gasteiger partial charge in [-0.2, -0.15) is 15.1 Å². The van der Waals surface area contributed by atoms with Crippen LogP contribution in [0.25, 0.3) is 16.7 Å². The normalized spacial score (nSPS) is 15.5. The number of ether oxygens (including phenoxy) is 1. The molecule has 4 aromatic rings. The first-order valence-corrected chi connectivity index (χ1v) is 12.2. The lowest BCUT2D eigenvalue weighted by molar-refractivity contribution is -0.380. The molecule has 5 rings (SSSR count). The van der Waals surface area contributed by atoms with Gasteiger partial charge in [-0.3, -0.25) is 14.9 Å². The van der Waals surface area contributed by atoms with Crippen molar-refractivity contribution >= 4 is 45.0 Å². The molecule has 4 heterocycles. The Balaban J connectivity index is 1.57. The van der Waals surface area contributed by atoms with Crippen LogP contribution in [0.3, 0.4) is 0 Å². The second-order valence-corrected chi connectivity index (χ2v) is 9.20. The first-order valence-electron chi connectivity index (χ1n) is 11.4. The number of hydrogen-bond acceptors (Lipinski definition) is 9. The minimum absolute atomic E-state index is 0.0769. The summed E-state index contributed by atoms with van der Waals surface area (Å²) in [6.07, 6.45) is 3.38. The summed E-state index contributed by atoms with van der Waals surface area (Å²) in [6.45, 7) is 3.77. The van der Waals surface area contributed by atoms with Gasteiger partial charge < -0.3 is 15.0 Å². The van der Waals surface area contributed by atoms with E-state index in [0.717, 1.165) is 30.7 Å². The Bertz CT molecular complexity index is 1420. The quantitative estimate of drug-likeness (QED) is 0.276. The van der Waals surface area contributed by atoms with Gasteiger partial charge in [0.2, 0.25) is 5.95 Å². The molecule has 13 heteroatoms. The number of benzene rings is 1. The van der Waals surface area contributed by atoms with Crippen molar-refractivity contribution in [1.29, 1.82) is 0 Å². The highest BCUT2D eigenvalue weighted by atomic mass is 32.1. The van der Waals surface area contributed by atoms with E-state index < -0.39 is 10.8 Å². The summed E-state index contributed by atoms with van der Waals surface area (Å²) in [5.41, 5.74) is 1.02. The highest BCUT2D eigenvalue weighted by Gasteiger charge is 2.29. The summed E-state index contributed by atoms with van der Waals surface area (Å²) in [5, 5.41) is 18.6. The van der Waals surface area contributed by atoms with Gasteiger partial charge in [0.1, 0.15) is 11.6 Å². The van der Waals surface area contributed by atoms with E-state index in [9.17, 15) is 19.3 Å². The maximum atomic E-state index is 13.5. The van der Waals surface area contributed by atoms with Crippen LogP contribution in [-0.2, 0) is 4.74 Å². The number of fused-ring (bicyclic) bond motifs is 1. The summed E-state index contributed by atoms with van der Waals surface area (Å²) in [4.78, 5) is 35.1. The first kappa shape index (κ1) is 23.8. The molecule has 0 radical (unpaired) electrons. The lowest BCUT2D eigenvalue weighted by Crippen LogP contribution is -2.34. The summed E-state index contributed by atoms with van der Waals surface area (Å²) >= 11 is 0.778. The van der Waals surface area contributed by atoms with Crippen molar-refractivity contribution in [3.63, 3.8) is 0 Å². The van der Waals surface area contributed by atoms with Crippen molar-refractivity contribution < 1.29 is 18.8 Å². The molecule has 1 amide bonds. The van der Waals surface area contributed by atoms with Crippen molar-refractivity contribution in [2.75, 3.05) is 30.0 Å². The summed E-state index contributed by atoms with van der Waals surface area (Å²) in [7, 11) is 0. The number of amides is 1. The minimum atomic E-state index is -0.541. The van der Waals surface area contributed by atoms with E-state index in [4.69, 9.17) is 9.72 Å². The summed E-state index contributed by atoms with van der Waals surface area (Å²) in [6, 6.07) is 8.59. The fraction of sp³-hybridized carbons (Fsp3) is 0.304. The molecule has 36 heavy (non-hydrogen) atoms. The minimum Gasteiger partial charge on any atom is -0.380 e. The molecular weight excluding hydrogens is 489 g/mol. The summed E-state index contributed by atoms with van der Waals surface area (Å²) < 4.78 is 20.7. The van der Waals surface area contributed by atoms with Crippen LogP contribution < -0.4 is 10.2 Å². The number of rotatable bonds is 8. The number of nitrogens with one attached hydrogen (secondary N) is 1. The molecule has 1 fully saturated rings. The van der Waals surface area contributed by atoms with Crippen LogP contribution in [-0.4, -0.2) is 56.4 Å². The van der Waals surface area contributed by atoms with Crippen LogP contribution in [0.1, 0.15) is 29.4 Å². The molecule has 0 spiro atoms. The maximum absolute atomic E-state index is 13.5. The van der Waals surface area contributed by atoms with E-state index >= 15 is 0 Å². The second kappa shape index (κ2) is 9.95. The number of anilines is 2. The largest absolute Gasteiger partial charge is 0.380 e. The number of aromatic nitrogens is 4. The monoisotopic (exact) mass is 511 g/mol. The third kappa shape index (κ3) is 4.62. The van der Waals surface area contributed by atoms with Gasteiger partial charge in [-0.25, -0.2) is 9.07 Å². The Morgan fingerprint density at radius 2 is 2.08 bits per heavy atom. The third-order valence-corrected chi connectivity index (χ3v) is 6.90. The second-order valence-electron chi connectivity index (χ2n) is 8.14. The van der Waals surface area contributed by atoms with Gasteiger partial charge in [0.05, 0.1) is 39.7 Å². The molecule has 0 bridgehead atoms. The smallest absolute Gasteiger partial charge is 0.324 e. The third-order valence-electron chi connectivity index (χ3n) is 5.86. The van der Waals surface area contributed by atoms with Crippen LogP contribution in [0.2, 0.25) is 0 Å². The SMILES string of the molecule is CCOC[C@@H]1CCCN1c1nc(NC(=O)c2ccc([N+](=O)[O-])s2)c2cnn(-c3ccc(F)cc3)c2n1. The fourth-order valence-electron chi connectivity index (χ4n) is 4.13. The van der Waals surface area contributed by atoms with Gasteiger partial charge in [0.15, 0.2) is 5.65 Å². The van der Waals surface area contributed by atoms with Gasteiger partial charge in [-0.05, 0) is 50.1 Å². The van der Waals surface area contributed by atoms with E-state index in [-0.39, 0.29) is 27.6 Å². The molecule has 1 aliphatic rings. The Morgan fingerprint density at radius 3 is 2.81 bits per heavy atom. The molecular formula is C23H22FN7O4S. The van der Waals surface area contributed by atoms with Crippen LogP contribution in [0.15, 0.2) is 42.6 Å². The highest BCUT2D eigenvalue weighted by molar-refractivity contribution is 7.17. The molecule has 0 saturated carbocycles. The Morgan fingerprint density at radius 1 is 1.28 bits per heavy atom. The zero-order chi connectivity index (χ0) is 25.2. The predicted molar refractivity (Wildman–Crippen MR) is 132 cm³/mol. The molecule has 1 atom stereocenters. The van der Waals surface area contributed by atoms with Gasteiger partial charge in [0, 0.05) is 19.2 Å². The molecule has 1 N–H and O–H groups in total. The molecule has 1 aliphatic heterocycles. The van der Waals surface area contributed by atoms with Crippen molar-refractivity contribution in [2.24, 2.45) is 0 Å². The number of nitrogens with zero attached hydrogens (tertiary/aromatic N) is 6. The van der Waals surface area contributed by atoms with E-state index in [0.29, 0.717) is 35.9 Å². The lowest BCUT2D eigenvalue weighted by atomic mass is 10.2. The van der Waals surface area contributed by atoms with Crippen molar-refractivity contribution in [2.45, 2.75) is 25.8 Å². The van der Waals surface area contributed by atoms with E-state index in [1.54, 1.807) is 16.8 Å². The molecule has 186 valence electrons. The van der Waals surface area contributed by atoms with Gasteiger partial charge in [-0.1, -0.05) is 11.3 Å². The van der Waals surface area contributed by atoms with Crippen molar-refractivity contribution in [3.8, 4) is 5.69 Å². The number of halogens is 1. The Kier molecular flexibility index (Phi) is 6.57. The molecule has 0 unspecified atom stereocenters. The number of nitro groups is 1. The zero-order valence-electron chi connectivity index (χ0n) is 19.3. The van der Waals surface area contributed by atoms with E-state index in [2.05, 4.69) is 15.4 Å². The predicted octanol–water partition coefficient (Wildman–Crippen LogP) is 4.18. The average molecular weight is 512 g/mol. The van der Waals surface area contributed by atoms with Gasteiger partial charge in [0.25, 0.3) is 5.91 Å². The Labute approximate surface area is 208 Å². The van der Waals surface area contributed by atoms with Crippen molar-refractivity contribution in [1.82, 2.24) is 19.7 Å². The van der Waals surface area contributed by atoms with Crippen molar-refractivity contribution in [3.05, 3.63) is 63.4 Å². The van der Waals surface area contributed by atoms with Gasteiger partial charge >= 0.3 is 5.00 Å². The lowest BCUT2D eigenvalue weighted by Gasteiger charge is -2.25. The van der Waals surface area contributed by atoms with Crippen LogP contribution >= 0.6 is 11.3 Å². The molecule has 0 aliphatic carbocycles. The van der Waals surface area contributed by atoms with Crippen LogP contribution in [0, 0.1) is 15.9 Å². The number of hydrogen-bond donors (Lipinski definition) is 1. The van der Waals surface area contributed by atoms with Crippen LogP contribution in [0.4, 0.5) is 21.2 Å². The number of carbonyl (C=O) groups excluding carboxylic acids is 1. The zero-order valence-corrected chi connectivity index (χ0v) is 20.1. The van der Waals surface area contributed by atoms with E-state index in [1.807, 2.05) is 11.8 Å². The molecule has 1 saturated heterocycles. The average Bonchev–Trinajstić information content (AvgIpc) is 3.62. The van der Waals surface area contributed by atoms with Crippen LogP contribution in [0.5, 0.6) is 0 Å². The highest BCUT2D eigenvalue weighted by Crippen LogP contribution is 2.31. The summed E-state index contributed by atoms with van der Waals surface area (Å²) in [5.74, 6) is -0.271. The first-order chi connectivity index (χ1) is 17.4. The van der Waals surface area contributed by atoms with Gasteiger partial charge in [-0.15, -0.1) is 0 Å². The maximum Gasteiger partial charge on any atom is 0.324 e. The fourth-order valence-corrected chi connectivity index (χ4v) is 4.85. The standard InChI is InChI=1S/C23H22FN7O4S/c1-2-35-13-16-4-3-11-29(16)23-27-20(26-22(32)18-9-10-19(36-18)31(33)34)17-12-25-30(21(17)28-23)15-7-5-14(24)6-8-15/h5-10,12,16H,2-4,11,13H2,1H3,(H,26,27,28,32)/t16-/m0/s1. The number of carbonyl (C=O) groups is 1. The Hall–Kier alpha value is -3.97.